The predicted molar refractivity (Wildman–Crippen MR) is 61.6 cm³/mol. The number of hydrogen-bond donors (Lipinski definition) is 1. The van der Waals surface area contributed by atoms with Crippen LogP contribution in [0, 0.1) is 0 Å². The molecule has 0 fully saturated rings. The number of nitrogens with one attached hydrogen (secondary N) is 1. The second-order valence-electron chi connectivity index (χ2n) is 4.17. The smallest absolute Gasteiger partial charge is 0.252 e. The molecule has 3 heteroatoms. The van der Waals surface area contributed by atoms with Crippen LogP contribution in [0.5, 0.6) is 0 Å². The van der Waals surface area contributed by atoms with Gasteiger partial charge in [0.15, 0.2) is 0 Å². The van der Waals surface area contributed by atoms with E-state index in [1.807, 2.05) is 19.9 Å². The summed E-state index contributed by atoms with van der Waals surface area (Å²) in [5.74, 6) is -0.0313. The molecule has 0 radical (unpaired) electrons. The highest BCUT2D eigenvalue weighted by atomic mass is 16.2. The number of fused-ring (bicyclic) bond motifs is 1. The molecule has 3 nitrogen and oxygen atoms in total. The lowest BCUT2D eigenvalue weighted by Crippen LogP contribution is -2.38. The maximum absolute atomic E-state index is 11.8. The molecule has 1 N–H and O–H groups in total. The fraction of sp³-hybridized carbons (Fsp3) is 0.385. The van der Waals surface area contributed by atoms with Gasteiger partial charge in [-0.25, -0.2) is 0 Å². The van der Waals surface area contributed by atoms with Crippen molar-refractivity contribution in [1.82, 2.24) is 5.32 Å². The fourth-order valence-corrected chi connectivity index (χ4v) is 2.39. The zero-order chi connectivity index (χ0) is 11.8. The Labute approximate surface area is 94.9 Å². The molecule has 0 saturated heterocycles. The van der Waals surface area contributed by atoms with E-state index < -0.39 is 0 Å². The van der Waals surface area contributed by atoms with Crippen LogP contribution >= 0.6 is 0 Å². The van der Waals surface area contributed by atoms with Gasteiger partial charge in [-0.3, -0.25) is 9.59 Å². The van der Waals surface area contributed by atoms with Gasteiger partial charge in [0.25, 0.3) is 5.91 Å². The van der Waals surface area contributed by atoms with Crippen molar-refractivity contribution in [2.75, 3.05) is 0 Å². The Hall–Kier alpha value is -1.64. The standard InChI is InChI=1S/C13H15NO2/c1-3-13(4-2)11-7-9(8-15)5-6-10(11)12(16)14-13/h5-8H,3-4H2,1-2H3,(H,14,16). The van der Waals surface area contributed by atoms with E-state index in [1.54, 1.807) is 12.1 Å². The highest BCUT2D eigenvalue weighted by Gasteiger charge is 2.39. The van der Waals surface area contributed by atoms with Crippen molar-refractivity contribution in [3.05, 3.63) is 34.9 Å². The monoisotopic (exact) mass is 217 g/mol. The molecule has 0 aromatic heterocycles. The van der Waals surface area contributed by atoms with E-state index in [4.69, 9.17) is 0 Å². The fourth-order valence-electron chi connectivity index (χ4n) is 2.39. The zero-order valence-corrected chi connectivity index (χ0v) is 9.54. The number of aldehydes is 1. The Kier molecular flexibility index (Phi) is 2.54. The molecule has 0 bridgehead atoms. The molecule has 1 heterocycles. The van der Waals surface area contributed by atoms with Gasteiger partial charge < -0.3 is 5.32 Å². The maximum Gasteiger partial charge on any atom is 0.252 e. The Morgan fingerprint density at radius 2 is 2.00 bits per heavy atom. The molecule has 0 atom stereocenters. The molecule has 16 heavy (non-hydrogen) atoms. The number of carbonyl (C=O) groups is 2. The molecule has 1 aromatic rings. The Bertz CT molecular complexity index is 447. The van der Waals surface area contributed by atoms with Crippen molar-refractivity contribution in [3.63, 3.8) is 0 Å². The van der Waals surface area contributed by atoms with Gasteiger partial charge in [0.05, 0.1) is 5.54 Å². The van der Waals surface area contributed by atoms with Crippen molar-refractivity contribution in [2.24, 2.45) is 0 Å². The largest absolute Gasteiger partial charge is 0.343 e. The molecule has 1 aliphatic heterocycles. The summed E-state index contributed by atoms with van der Waals surface area (Å²) in [4.78, 5) is 22.6. The molecular weight excluding hydrogens is 202 g/mol. The highest BCUT2D eigenvalue weighted by molar-refractivity contribution is 6.00. The molecule has 0 saturated carbocycles. The first kappa shape index (κ1) is 10.9. The Balaban J connectivity index is 2.62. The lowest BCUT2D eigenvalue weighted by molar-refractivity contribution is 0.0925. The normalized spacial score (nSPS) is 16.8. The van der Waals surface area contributed by atoms with E-state index in [1.165, 1.54) is 0 Å². The van der Waals surface area contributed by atoms with Crippen LogP contribution in [0.25, 0.3) is 0 Å². The molecule has 84 valence electrons. The van der Waals surface area contributed by atoms with Crippen LogP contribution in [-0.2, 0) is 5.54 Å². The first-order valence-electron chi connectivity index (χ1n) is 5.59. The summed E-state index contributed by atoms with van der Waals surface area (Å²) in [6, 6.07) is 5.25. The molecule has 0 spiro atoms. The van der Waals surface area contributed by atoms with Gasteiger partial charge >= 0.3 is 0 Å². The molecule has 1 aromatic carbocycles. The Morgan fingerprint density at radius 1 is 1.31 bits per heavy atom. The lowest BCUT2D eigenvalue weighted by Gasteiger charge is -2.27. The SMILES string of the molecule is CCC1(CC)NC(=O)c2ccc(C=O)cc21. The van der Waals surface area contributed by atoms with Crippen LogP contribution in [0.15, 0.2) is 18.2 Å². The van der Waals surface area contributed by atoms with Gasteiger partial charge in [-0.1, -0.05) is 19.9 Å². The van der Waals surface area contributed by atoms with E-state index in [2.05, 4.69) is 5.32 Å². The number of rotatable bonds is 3. The van der Waals surface area contributed by atoms with Crippen LogP contribution in [0.1, 0.15) is 53.0 Å². The molecule has 2 rings (SSSR count). The third-order valence-corrected chi connectivity index (χ3v) is 3.50. The average Bonchev–Trinajstić information content (AvgIpc) is 2.62. The van der Waals surface area contributed by atoms with Crippen molar-refractivity contribution in [3.8, 4) is 0 Å². The van der Waals surface area contributed by atoms with Gasteiger partial charge in [0, 0.05) is 11.1 Å². The molecular formula is C13H15NO2. The summed E-state index contributed by atoms with van der Waals surface area (Å²) >= 11 is 0. The van der Waals surface area contributed by atoms with Gasteiger partial charge in [-0.05, 0) is 30.5 Å². The first-order chi connectivity index (χ1) is 7.66. The van der Waals surface area contributed by atoms with Crippen molar-refractivity contribution >= 4 is 12.2 Å². The van der Waals surface area contributed by atoms with E-state index in [0.717, 1.165) is 24.7 Å². The molecule has 1 amide bonds. The third kappa shape index (κ3) is 1.35. The van der Waals surface area contributed by atoms with E-state index in [9.17, 15) is 9.59 Å². The van der Waals surface area contributed by atoms with Crippen molar-refractivity contribution in [2.45, 2.75) is 32.2 Å². The molecule has 1 aliphatic rings. The summed E-state index contributed by atoms with van der Waals surface area (Å²) in [5.41, 5.74) is 2.01. The van der Waals surface area contributed by atoms with Crippen LogP contribution in [0.4, 0.5) is 0 Å². The maximum atomic E-state index is 11.8. The topological polar surface area (TPSA) is 46.2 Å². The second kappa shape index (κ2) is 3.74. The second-order valence-corrected chi connectivity index (χ2v) is 4.17. The summed E-state index contributed by atoms with van der Waals surface area (Å²) in [6.07, 6.45) is 2.49. The van der Waals surface area contributed by atoms with Crippen LogP contribution < -0.4 is 5.32 Å². The molecule has 0 aliphatic carbocycles. The van der Waals surface area contributed by atoms with Gasteiger partial charge in [0.1, 0.15) is 6.29 Å². The average molecular weight is 217 g/mol. The molecule has 0 unspecified atom stereocenters. The van der Waals surface area contributed by atoms with E-state index in [-0.39, 0.29) is 11.4 Å². The summed E-state index contributed by atoms with van der Waals surface area (Å²) in [5, 5.41) is 3.03. The zero-order valence-electron chi connectivity index (χ0n) is 9.54. The summed E-state index contributed by atoms with van der Waals surface area (Å²) < 4.78 is 0. The van der Waals surface area contributed by atoms with Crippen LogP contribution in [0.3, 0.4) is 0 Å². The first-order valence-corrected chi connectivity index (χ1v) is 5.59. The minimum absolute atomic E-state index is 0.0313. The number of carbonyl (C=O) groups excluding carboxylic acids is 2. The van der Waals surface area contributed by atoms with Gasteiger partial charge in [-0.2, -0.15) is 0 Å². The lowest BCUT2D eigenvalue weighted by atomic mass is 9.85. The summed E-state index contributed by atoms with van der Waals surface area (Å²) in [7, 11) is 0. The van der Waals surface area contributed by atoms with Crippen molar-refractivity contribution in [1.29, 1.82) is 0 Å². The number of benzene rings is 1. The van der Waals surface area contributed by atoms with Gasteiger partial charge in [-0.15, -0.1) is 0 Å². The van der Waals surface area contributed by atoms with Crippen LogP contribution in [-0.4, -0.2) is 12.2 Å². The number of hydrogen-bond acceptors (Lipinski definition) is 2. The van der Waals surface area contributed by atoms with E-state index in [0.29, 0.717) is 11.1 Å². The minimum atomic E-state index is -0.286. The summed E-state index contributed by atoms with van der Waals surface area (Å²) in [6.45, 7) is 4.10. The highest BCUT2D eigenvalue weighted by Crippen LogP contribution is 2.36. The minimum Gasteiger partial charge on any atom is -0.343 e. The number of amides is 1. The Morgan fingerprint density at radius 3 is 2.56 bits per heavy atom. The van der Waals surface area contributed by atoms with E-state index >= 15 is 0 Å². The van der Waals surface area contributed by atoms with Crippen LogP contribution in [0.2, 0.25) is 0 Å². The quantitative estimate of drug-likeness (QED) is 0.789. The third-order valence-electron chi connectivity index (χ3n) is 3.50. The van der Waals surface area contributed by atoms with Gasteiger partial charge in [0.2, 0.25) is 0 Å². The predicted octanol–water partition coefficient (Wildman–Crippen LogP) is 2.26. The van der Waals surface area contributed by atoms with Crippen molar-refractivity contribution < 1.29 is 9.59 Å².